The molecule has 5 nitrogen and oxygen atoms in total. The van der Waals surface area contributed by atoms with Crippen LogP contribution in [0.4, 0.5) is 10.1 Å². The second kappa shape index (κ2) is 8.42. The number of aryl methyl sites for hydroxylation is 3. The Balaban J connectivity index is 1.70. The van der Waals surface area contributed by atoms with Crippen LogP contribution in [0.1, 0.15) is 29.5 Å². The molecule has 2 aromatic rings. The van der Waals surface area contributed by atoms with E-state index in [0.29, 0.717) is 22.8 Å². The minimum atomic E-state index is -3.64. The molecule has 0 bridgehead atoms. The van der Waals surface area contributed by atoms with Gasteiger partial charge in [-0.05, 0) is 62.9 Å². The van der Waals surface area contributed by atoms with E-state index >= 15 is 0 Å². The molecule has 1 heterocycles. The van der Waals surface area contributed by atoms with Crippen molar-refractivity contribution in [1.29, 1.82) is 0 Å². The Morgan fingerprint density at radius 2 is 1.69 bits per heavy atom. The van der Waals surface area contributed by atoms with Gasteiger partial charge in [-0.3, -0.25) is 4.79 Å². The SMILES string of the molecule is Cc1cc(C)c(S(=O)(=O)N2CCC(C(=O)Nc3cc(Cl)ccc3F)CC2)c(C)c1. The first kappa shape index (κ1) is 21.7. The van der Waals surface area contributed by atoms with E-state index in [1.165, 1.54) is 22.5 Å². The molecule has 1 aliphatic heterocycles. The van der Waals surface area contributed by atoms with E-state index in [4.69, 9.17) is 11.6 Å². The maximum Gasteiger partial charge on any atom is 0.243 e. The number of halogens is 2. The van der Waals surface area contributed by atoms with Crippen LogP contribution in [0, 0.1) is 32.5 Å². The first-order valence-electron chi connectivity index (χ1n) is 9.43. The molecule has 2 aromatic carbocycles. The number of sulfonamides is 1. The van der Waals surface area contributed by atoms with Crippen molar-refractivity contribution in [2.24, 2.45) is 5.92 Å². The van der Waals surface area contributed by atoms with Crippen LogP contribution in [-0.2, 0) is 14.8 Å². The van der Waals surface area contributed by atoms with E-state index in [2.05, 4.69) is 5.32 Å². The zero-order valence-corrected chi connectivity index (χ0v) is 18.2. The van der Waals surface area contributed by atoms with Gasteiger partial charge in [-0.1, -0.05) is 29.3 Å². The molecule has 29 heavy (non-hydrogen) atoms. The normalized spacial score (nSPS) is 16.0. The first-order chi connectivity index (χ1) is 13.6. The van der Waals surface area contributed by atoms with Gasteiger partial charge in [-0.15, -0.1) is 0 Å². The van der Waals surface area contributed by atoms with Crippen molar-refractivity contribution in [2.45, 2.75) is 38.5 Å². The van der Waals surface area contributed by atoms with Crippen molar-refractivity contribution >= 4 is 33.2 Å². The first-order valence-corrected chi connectivity index (χ1v) is 11.3. The minimum absolute atomic E-state index is 0.0310. The van der Waals surface area contributed by atoms with Crippen molar-refractivity contribution in [2.75, 3.05) is 18.4 Å². The molecule has 1 aliphatic rings. The largest absolute Gasteiger partial charge is 0.323 e. The Bertz CT molecular complexity index is 1020. The van der Waals surface area contributed by atoms with Gasteiger partial charge in [-0.2, -0.15) is 4.31 Å². The van der Waals surface area contributed by atoms with Gasteiger partial charge in [0.2, 0.25) is 15.9 Å². The molecule has 8 heteroatoms. The van der Waals surface area contributed by atoms with E-state index in [-0.39, 0.29) is 30.6 Å². The van der Waals surface area contributed by atoms with Crippen molar-refractivity contribution in [1.82, 2.24) is 4.31 Å². The second-order valence-corrected chi connectivity index (χ2v) is 9.83. The lowest BCUT2D eigenvalue weighted by Gasteiger charge is -2.31. The van der Waals surface area contributed by atoms with Crippen LogP contribution < -0.4 is 5.32 Å². The maximum absolute atomic E-state index is 13.8. The quantitative estimate of drug-likeness (QED) is 0.767. The van der Waals surface area contributed by atoms with Gasteiger partial charge in [0.15, 0.2) is 0 Å². The van der Waals surface area contributed by atoms with Crippen molar-refractivity contribution < 1.29 is 17.6 Å². The fourth-order valence-electron chi connectivity index (χ4n) is 3.89. The predicted octanol–water partition coefficient (Wildman–Crippen LogP) is 4.44. The van der Waals surface area contributed by atoms with Crippen molar-refractivity contribution in [3.63, 3.8) is 0 Å². The Morgan fingerprint density at radius 3 is 2.28 bits per heavy atom. The van der Waals surface area contributed by atoms with Gasteiger partial charge < -0.3 is 5.32 Å². The van der Waals surface area contributed by atoms with Crippen LogP contribution in [0.15, 0.2) is 35.2 Å². The monoisotopic (exact) mass is 438 g/mol. The highest BCUT2D eigenvalue weighted by Gasteiger charge is 2.33. The molecule has 1 fully saturated rings. The standard InChI is InChI=1S/C21H24ClFN2O3S/c1-13-10-14(2)20(15(3)11-13)29(27,28)25-8-6-16(7-9-25)21(26)24-19-12-17(22)4-5-18(19)23/h4-5,10-12,16H,6-9H2,1-3H3,(H,24,26). The molecular weight excluding hydrogens is 415 g/mol. The predicted molar refractivity (Wildman–Crippen MR) is 112 cm³/mol. The van der Waals surface area contributed by atoms with Crippen LogP contribution in [0.3, 0.4) is 0 Å². The van der Waals surface area contributed by atoms with E-state index < -0.39 is 15.8 Å². The number of benzene rings is 2. The number of amides is 1. The fourth-order valence-corrected chi connectivity index (χ4v) is 5.94. The summed E-state index contributed by atoms with van der Waals surface area (Å²) in [7, 11) is -3.64. The molecule has 0 radical (unpaired) electrons. The molecule has 0 aromatic heterocycles. The number of hydrogen-bond donors (Lipinski definition) is 1. The topological polar surface area (TPSA) is 66.5 Å². The summed E-state index contributed by atoms with van der Waals surface area (Å²) in [5.41, 5.74) is 2.49. The zero-order chi connectivity index (χ0) is 21.3. The van der Waals surface area contributed by atoms with Crippen LogP contribution in [0.5, 0.6) is 0 Å². The molecule has 1 amide bonds. The lowest BCUT2D eigenvalue weighted by Crippen LogP contribution is -2.41. The van der Waals surface area contributed by atoms with Crippen LogP contribution in [0.25, 0.3) is 0 Å². The van der Waals surface area contributed by atoms with E-state index in [0.717, 1.165) is 16.7 Å². The third-order valence-electron chi connectivity index (χ3n) is 5.21. The van der Waals surface area contributed by atoms with Crippen molar-refractivity contribution in [3.05, 3.63) is 57.9 Å². The zero-order valence-electron chi connectivity index (χ0n) is 16.6. The number of carbonyl (C=O) groups excluding carboxylic acids is 1. The molecule has 0 unspecified atom stereocenters. The third-order valence-corrected chi connectivity index (χ3v) is 7.65. The summed E-state index contributed by atoms with van der Waals surface area (Å²) in [6.45, 7) is 6.01. The Hall–Kier alpha value is -1.96. The minimum Gasteiger partial charge on any atom is -0.323 e. The second-order valence-electron chi connectivity index (χ2n) is 7.52. The van der Waals surface area contributed by atoms with Crippen LogP contribution in [0.2, 0.25) is 5.02 Å². The fraction of sp³-hybridized carbons (Fsp3) is 0.381. The molecular formula is C21H24ClFN2O3S. The average Bonchev–Trinajstić information content (AvgIpc) is 2.63. The van der Waals surface area contributed by atoms with Gasteiger partial charge in [0.05, 0.1) is 10.6 Å². The summed E-state index contributed by atoms with van der Waals surface area (Å²) in [6.07, 6.45) is 0.744. The molecule has 1 N–H and O–H groups in total. The van der Waals surface area contributed by atoms with E-state index in [1.54, 1.807) is 13.8 Å². The average molecular weight is 439 g/mol. The van der Waals surface area contributed by atoms with Crippen LogP contribution >= 0.6 is 11.6 Å². The highest BCUT2D eigenvalue weighted by Crippen LogP contribution is 2.29. The number of anilines is 1. The summed E-state index contributed by atoms with van der Waals surface area (Å²) >= 11 is 5.86. The smallest absolute Gasteiger partial charge is 0.243 e. The third kappa shape index (κ3) is 4.63. The number of nitrogens with one attached hydrogen (secondary N) is 1. The summed E-state index contributed by atoms with van der Waals surface area (Å²) in [6, 6.07) is 7.68. The lowest BCUT2D eigenvalue weighted by atomic mass is 9.97. The van der Waals surface area contributed by atoms with Gasteiger partial charge in [0, 0.05) is 24.0 Å². The summed E-state index contributed by atoms with van der Waals surface area (Å²) < 4.78 is 41.6. The molecule has 3 rings (SSSR count). The molecule has 1 saturated heterocycles. The lowest BCUT2D eigenvalue weighted by molar-refractivity contribution is -0.120. The summed E-state index contributed by atoms with van der Waals surface area (Å²) in [5.74, 6) is -1.28. The number of carbonyl (C=O) groups is 1. The van der Waals surface area contributed by atoms with E-state index in [9.17, 15) is 17.6 Å². The molecule has 0 saturated carbocycles. The van der Waals surface area contributed by atoms with Gasteiger partial charge in [-0.25, -0.2) is 12.8 Å². The summed E-state index contributed by atoms with van der Waals surface area (Å²) in [4.78, 5) is 12.9. The van der Waals surface area contributed by atoms with E-state index in [1.807, 2.05) is 19.1 Å². The maximum atomic E-state index is 13.8. The Kier molecular flexibility index (Phi) is 6.31. The van der Waals surface area contributed by atoms with Gasteiger partial charge >= 0.3 is 0 Å². The molecule has 0 spiro atoms. The molecule has 156 valence electrons. The Morgan fingerprint density at radius 1 is 1.10 bits per heavy atom. The van der Waals surface area contributed by atoms with Crippen molar-refractivity contribution in [3.8, 4) is 0 Å². The number of nitrogens with zero attached hydrogens (tertiary/aromatic N) is 1. The highest BCUT2D eigenvalue weighted by molar-refractivity contribution is 7.89. The summed E-state index contributed by atoms with van der Waals surface area (Å²) in [5, 5.41) is 2.89. The van der Waals surface area contributed by atoms with Gasteiger partial charge in [0.1, 0.15) is 5.82 Å². The molecule has 0 aliphatic carbocycles. The number of rotatable bonds is 4. The Labute approximate surface area is 175 Å². The van der Waals surface area contributed by atoms with Crippen LogP contribution in [-0.4, -0.2) is 31.7 Å². The number of hydrogen-bond acceptors (Lipinski definition) is 3. The van der Waals surface area contributed by atoms with Gasteiger partial charge in [0.25, 0.3) is 0 Å². The number of piperidine rings is 1. The highest BCUT2D eigenvalue weighted by atomic mass is 35.5. The molecule has 0 atom stereocenters.